The molecule has 2 N–H and O–H groups in total. The molecular formula is C22H34F3N3O3. The molecule has 0 amide bonds. The van der Waals surface area contributed by atoms with Gasteiger partial charge >= 0.3 is 6.18 Å². The van der Waals surface area contributed by atoms with E-state index < -0.39 is 12.8 Å². The highest BCUT2D eigenvalue weighted by molar-refractivity contribution is 5.79. The summed E-state index contributed by atoms with van der Waals surface area (Å²) in [5.41, 5.74) is 1.67. The maximum absolute atomic E-state index is 12.1. The summed E-state index contributed by atoms with van der Waals surface area (Å²) in [5.74, 6) is 1.34. The Bertz CT molecular complexity index is 633. The highest BCUT2D eigenvalue weighted by Gasteiger charge is 2.27. The van der Waals surface area contributed by atoms with Crippen LogP contribution in [0.1, 0.15) is 37.3 Å². The number of hydrogen-bond acceptors (Lipinski definition) is 4. The molecule has 1 heterocycles. The van der Waals surface area contributed by atoms with E-state index in [1.807, 2.05) is 19.1 Å². The molecule has 31 heavy (non-hydrogen) atoms. The fourth-order valence-electron chi connectivity index (χ4n) is 3.08. The van der Waals surface area contributed by atoms with Crippen LogP contribution in [-0.2, 0) is 27.4 Å². The van der Waals surface area contributed by atoms with Crippen LogP contribution in [-0.4, -0.2) is 58.3 Å². The minimum absolute atomic E-state index is 0.0656. The lowest BCUT2D eigenvalue weighted by Crippen LogP contribution is -2.38. The van der Waals surface area contributed by atoms with Gasteiger partial charge < -0.3 is 24.8 Å². The van der Waals surface area contributed by atoms with Crippen molar-refractivity contribution in [3.05, 3.63) is 35.4 Å². The standard InChI is InChI=1S/C22H34F3N3O3/c1-2-26-21(27-10-3-11-30-15-20-8-12-29-13-9-20)28-14-18-4-6-19(7-5-18)16-31-17-22(23,24)25/h4-7,20H,2-3,8-17H2,1H3,(H2,26,27,28). The molecule has 0 radical (unpaired) electrons. The molecular weight excluding hydrogens is 411 g/mol. The van der Waals surface area contributed by atoms with E-state index in [1.165, 1.54) is 0 Å². The summed E-state index contributed by atoms with van der Waals surface area (Å²) < 4.78 is 52.2. The number of ether oxygens (including phenoxy) is 3. The summed E-state index contributed by atoms with van der Waals surface area (Å²) in [7, 11) is 0. The Hall–Kier alpha value is -1.84. The van der Waals surface area contributed by atoms with Crippen LogP contribution in [0.25, 0.3) is 0 Å². The minimum atomic E-state index is -4.30. The highest BCUT2D eigenvalue weighted by Crippen LogP contribution is 2.16. The monoisotopic (exact) mass is 445 g/mol. The van der Waals surface area contributed by atoms with Crippen molar-refractivity contribution in [2.45, 2.75) is 45.5 Å². The van der Waals surface area contributed by atoms with E-state index in [2.05, 4.69) is 20.4 Å². The van der Waals surface area contributed by atoms with Crippen molar-refractivity contribution in [1.29, 1.82) is 0 Å². The minimum Gasteiger partial charge on any atom is -0.381 e. The molecule has 0 spiro atoms. The van der Waals surface area contributed by atoms with Crippen LogP contribution in [0.3, 0.4) is 0 Å². The first-order valence-electron chi connectivity index (χ1n) is 10.9. The van der Waals surface area contributed by atoms with E-state index in [4.69, 9.17) is 9.47 Å². The molecule has 1 aromatic rings. The summed E-state index contributed by atoms with van der Waals surface area (Å²) in [6.07, 6.45) is -1.25. The molecule has 1 fully saturated rings. The predicted octanol–water partition coefficient (Wildman–Crippen LogP) is 3.65. The van der Waals surface area contributed by atoms with Crippen molar-refractivity contribution in [2.24, 2.45) is 10.9 Å². The van der Waals surface area contributed by atoms with Gasteiger partial charge in [-0.25, -0.2) is 4.99 Å². The number of benzene rings is 1. The van der Waals surface area contributed by atoms with Gasteiger partial charge in [-0.2, -0.15) is 13.2 Å². The van der Waals surface area contributed by atoms with E-state index in [0.717, 1.165) is 63.7 Å². The molecule has 6 nitrogen and oxygen atoms in total. The Morgan fingerprint density at radius 2 is 1.81 bits per heavy atom. The topological polar surface area (TPSA) is 64.1 Å². The normalized spacial score (nSPS) is 15.8. The zero-order valence-electron chi connectivity index (χ0n) is 18.2. The number of guanidine groups is 1. The number of halogens is 3. The Balaban J connectivity index is 1.65. The largest absolute Gasteiger partial charge is 0.411 e. The van der Waals surface area contributed by atoms with Crippen molar-refractivity contribution in [1.82, 2.24) is 10.6 Å². The summed E-state index contributed by atoms with van der Waals surface area (Å²) in [6.45, 7) is 5.87. The van der Waals surface area contributed by atoms with Gasteiger partial charge in [0.25, 0.3) is 0 Å². The highest BCUT2D eigenvalue weighted by atomic mass is 19.4. The number of nitrogens with zero attached hydrogens (tertiary/aromatic N) is 1. The van der Waals surface area contributed by atoms with E-state index >= 15 is 0 Å². The second-order valence-corrected chi connectivity index (χ2v) is 7.53. The molecule has 1 aliphatic rings. The van der Waals surface area contributed by atoms with Crippen LogP contribution in [0.4, 0.5) is 13.2 Å². The fourth-order valence-corrected chi connectivity index (χ4v) is 3.08. The van der Waals surface area contributed by atoms with Crippen molar-refractivity contribution in [3.8, 4) is 0 Å². The van der Waals surface area contributed by atoms with Gasteiger partial charge in [0.05, 0.1) is 13.2 Å². The third-order valence-electron chi connectivity index (χ3n) is 4.77. The molecule has 1 aliphatic heterocycles. The summed E-state index contributed by atoms with van der Waals surface area (Å²) >= 11 is 0. The lowest BCUT2D eigenvalue weighted by atomic mass is 10.0. The molecule has 0 unspecified atom stereocenters. The summed E-state index contributed by atoms with van der Waals surface area (Å²) in [4.78, 5) is 4.56. The van der Waals surface area contributed by atoms with E-state index in [9.17, 15) is 13.2 Å². The van der Waals surface area contributed by atoms with Crippen LogP contribution >= 0.6 is 0 Å². The second-order valence-electron chi connectivity index (χ2n) is 7.53. The number of rotatable bonds is 12. The maximum Gasteiger partial charge on any atom is 0.411 e. The quantitative estimate of drug-likeness (QED) is 0.292. The number of alkyl halides is 3. The molecule has 9 heteroatoms. The Morgan fingerprint density at radius 1 is 1.10 bits per heavy atom. The average molecular weight is 446 g/mol. The number of hydrogen-bond donors (Lipinski definition) is 2. The fraction of sp³-hybridized carbons (Fsp3) is 0.682. The van der Waals surface area contributed by atoms with Crippen LogP contribution < -0.4 is 10.6 Å². The second kappa shape index (κ2) is 14.3. The lowest BCUT2D eigenvalue weighted by Gasteiger charge is -2.21. The van der Waals surface area contributed by atoms with Crippen molar-refractivity contribution in [2.75, 3.05) is 46.1 Å². The molecule has 1 saturated heterocycles. The Kier molecular flexibility index (Phi) is 11.7. The zero-order valence-corrected chi connectivity index (χ0v) is 18.2. The van der Waals surface area contributed by atoms with Gasteiger partial charge in [0.2, 0.25) is 0 Å². The molecule has 0 saturated carbocycles. The van der Waals surface area contributed by atoms with Crippen molar-refractivity contribution < 1.29 is 27.4 Å². The van der Waals surface area contributed by atoms with E-state index in [0.29, 0.717) is 24.6 Å². The summed E-state index contributed by atoms with van der Waals surface area (Å²) in [5, 5.41) is 6.50. The van der Waals surface area contributed by atoms with Gasteiger partial charge in [-0.1, -0.05) is 24.3 Å². The Morgan fingerprint density at radius 3 is 2.48 bits per heavy atom. The number of aliphatic imine (C=N–C) groups is 1. The van der Waals surface area contributed by atoms with Crippen molar-refractivity contribution in [3.63, 3.8) is 0 Å². The van der Waals surface area contributed by atoms with Crippen LogP contribution in [0.15, 0.2) is 29.3 Å². The summed E-state index contributed by atoms with van der Waals surface area (Å²) in [6, 6.07) is 7.22. The molecule has 0 atom stereocenters. The number of nitrogens with one attached hydrogen (secondary N) is 2. The lowest BCUT2D eigenvalue weighted by molar-refractivity contribution is -0.176. The smallest absolute Gasteiger partial charge is 0.381 e. The van der Waals surface area contributed by atoms with Crippen LogP contribution in [0, 0.1) is 5.92 Å². The molecule has 2 rings (SSSR count). The third kappa shape index (κ3) is 11.9. The van der Waals surface area contributed by atoms with Crippen LogP contribution in [0.2, 0.25) is 0 Å². The molecule has 1 aromatic carbocycles. The van der Waals surface area contributed by atoms with Gasteiger partial charge in [0.15, 0.2) is 5.96 Å². The average Bonchev–Trinajstić information content (AvgIpc) is 2.75. The van der Waals surface area contributed by atoms with Gasteiger partial charge in [-0.15, -0.1) is 0 Å². The first-order valence-corrected chi connectivity index (χ1v) is 10.9. The Labute approximate surface area is 182 Å². The van der Waals surface area contributed by atoms with Crippen LogP contribution in [0.5, 0.6) is 0 Å². The van der Waals surface area contributed by atoms with Crippen molar-refractivity contribution >= 4 is 5.96 Å². The first kappa shape index (κ1) is 25.4. The van der Waals surface area contributed by atoms with Gasteiger partial charge in [-0.3, -0.25) is 0 Å². The SMILES string of the molecule is CCNC(=NCc1ccc(COCC(F)(F)F)cc1)NCCCOCC1CCOCC1. The molecule has 0 bridgehead atoms. The molecule has 176 valence electrons. The predicted molar refractivity (Wildman–Crippen MR) is 114 cm³/mol. The maximum atomic E-state index is 12.1. The van der Waals surface area contributed by atoms with Gasteiger partial charge in [0, 0.05) is 39.5 Å². The zero-order chi connectivity index (χ0) is 22.4. The van der Waals surface area contributed by atoms with E-state index in [-0.39, 0.29) is 6.61 Å². The third-order valence-corrected chi connectivity index (χ3v) is 4.77. The van der Waals surface area contributed by atoms with Gasteiger partial charge in [0.1, 0.15) is 6.61 Å². The molecule has 0 aliphatic carbocycles. The molecule has 0 aromatic heterocycles. The van der Waals surface area contributed by atoms with E-state index in [1.54, 1.807) is 12.1 Å². The van der Waals surface area contributed by atoms with Gasteiger partial charge in [-0.05, 0) is 43.2 Å². The first-order chi connectivity index (χ1) is 15.0.